The number of benzene rings is 1. The minimum Gasteiger partial charge on any atom is -0.384 e. The number of aromatic nitrogens is 1. The van der Waals surface area contributed by atoms with Gasteiger partial charge in [0.2, 0.25) is 0 Å². The minimum atomic E-state index is -0.849. The van der Waals surface area contributed by atoms with Crippen molar-refractivity contribution in [1.82, 2.24) is 9.88 Å². The third-order valence-corrected chi connectivity index (χ3v) is 3.15. The molecule has 0 spiro atoms. The molecular formula is C16H20N2O. The lowest BCUT2D eigenvalue weighted by Crippen LogP contribution is -2.36. The Hall–Kier alpha value is -1.71. The lowest BCUT2D eigenvalue weighted by Gasteiger charge is -2.29. The van der Waals surface area contributed by atoms with Crippen LogP contribution in [0.3, 0.4) is 0 Å². The Morgan fingerprint density at radius 3 is 2.53 bits per heavy atom. The molecule has 0 saturated carbocycles. The van der Waals surface area contributed by atoms with Gasteiger partial charge >= 0.3 is 0 Å². The van der Waals surface area contributed by atoms with Gasteiger partial charge in [-0.1, -0.05) is 36.4 Å². The van der Waals surface area contributed by atoms with E-state index < -0.39 is 5.60 Å². The third kappa shape index (κ3) is 3.88. The van der Waals surface area contributed by atoms with Crippen LogP contribution in [-0.2, 0) is 12.1 Å². The molecule has 0 fully saturated rings. The molecular weight excluding hydrogens is 236 g/mol. The maximum absolute atomic E-state index is 10.6. The zero-order valence-corrected chi connectivity index (χ0v) is 11.5. The number of nitrogens with zero attached hydrogens (tertiary/aromatic N) is 2. The van der Waals surface area contributed by atoms with E-state index in [1.54, 1.807) is 6.20 Å². The first-order valence-electron chi connectivity index (χ1n) is 6.43. The fourth-order valence-electron chi connectivity index (χ4n) is 2.27. The average molecular weight is 256 g/mol. The molecule has 0 amide bonds. The van der Waals surface area contributed by atoms with E-state index in [4.69, 9.17) is 0 Å². The maximum Gasteiger partial charge on any atom is 0.0994 e. The van der Waals surface area contributed by atoms with E-state index in [9.17, 15) is 5.11 Å². The summed E-state index contributed by atoms with van der Waals surface area (Å²) in [5, 5.41) is 10.6. The number of hydrogen-bond acceptors (Lipinski definition) is 3. The summed E-state index contributed by atoms with van der Waals surface area (Å²) in [6.45, 7) is 3.20. The van der Waals surface area contributed by atoms with E-state index in [1.165, 1.54) is 0 Å². The summed E-state index contributed by atoms with van der Waals surface area (Å²) >= 11 is 0. The smallest absolute Gasteiger partial charge is 0.0994 e. The third-order valence-electron chi connectivity index (χ3n) is 3.15. The molecule has 3 nitrogen and oxygen atoms in total. The van der Waals surface area contributed by atoms with Crippen LogP contribution in [0.25, 0.3) is 0 Å². The van der Waals surface area contributed by atoms with Crippen LogP contribution in [0.4, 0.5) is 0 Å². The van der Waals surface area contributed by atoms with Gasteiger partial charge in [0.05, 0.1) is 5.60 Å². The predicted molar refractivity (Wildman–Crippen MR) is 76.6 cm³/mol. The van der Waals surface area contributed by atoms with E-state index in [1.807, 2.05) is 62.6 Å². The molecule has 1 heterocycles. The Kier molecular flexibility index (Phi) is 4.30. The topological polar surface area (TPSA) is 36.4 Å². The Balaban J connectivity index is 2.00. The van der Waals surface area contributed by atoms with Gasteiger partial charge in [-0.25, -0.2) is 0 Å². The summed E-state index contributed by atoms with van der Waals surface area (Å²) in [7, 11) is 2.00. The quantitative estimate of drug-likeness (QED) is 0.892. The van der Waals surface area contributed by atoms with Crippen molar-refractivity contribution in [2.75, 3.05) is 13.6 Å². The van der Waals surface area contributed by atoms with Crippen LogP contribution in [0.1, 0.15) is 18.1 Å². The van der Waals surface area contributed by atoms with Gasteiger partial charge in [-0.05, 0) is 31.2 Å². The molecule has 1 unspecified atom stereocenters. The second kappa shape index (κ2) is 5.95. The molecule has 1 aromatic carbocycles. The molecule has 0 saturated heterocycles. The number of hydrogen-bond donors (Lipinski definition) is 1. The van der Waals surface area contributed by atoms with Crippen LogP contribution in [0.2, 0.25) is 0 Å². The van der Waals surface area contributed by atoms with Crippen LogP contribution in [0.5, 0.6) is 0 Å². The molecule has 0 aliphatic carbocycles. The summed E-state index contributed by atoms with van der Waals surface area (Å²) in [5.74, 6) is 0. The first-order chi connectivity index (χ1) is 9.08. The fourth-order valence-corrected chi connectivity index (χ4v) is 2.27. The van der Waals surface area contributed by atoms with Crippen molar-refractivity contribution < 1.29 is 5.11 Å². The van der Waals surface area contributed by atoms with E-state index in [0.29, 0.717) is 6.54 Å². The average Bonchev–Trinajstić information content (AvgIpc) is 2.40. The van der Waals surface area contributed by atoms with Gasteiger partial charge in [0.15, 0.2) is 0 Å². The van der Waals surface area contributed by atoms with Crippen molar-refractivity contribution in [1.29, 1.82) is 0 Å². The van der Waals surface area contributed by atoms with E-state index in [2.05, 4.69) is 9.88 Å². The predicted octanol–water partition coefficient (Wildman–Crippen LogP) is 2.42. The van der Waals surface area contributed by atoms with Gasteiger partial charge in [-0.2, -0.15) is 0 Å². The Morgan fingerprint density at radius 2 is 1.89 bits per heavy atom. The van der Waals surface area contributed by atoms with E-state index >= 15 is 0 Å². The molecule has 1 aromatic heterocycles. The highest BCUT2D eigenvalue weighted by Gasteiger charge is 2.24. The van der Waals surface area contributed by atoms with Gasteiger partial charge in [0, 0.05) is 25.5 Å². The molecule has 1 N–H and O–H groups in total. The highest BCUT2D eigenvalue weighted by Crippen LogP contribution is 2.21. The standard InChI is InChI=1S/C16H20N2O/c1-16(19,15-8-4-3-5-9-15)13-18(2)12-14-7-6-10-17-11-14/h3-11,19H,12-13H2,1-2H3. The number of aliphatic hydroxyl groups is 1. The van der Waals surface area contributed by atoms with Gasteiger partial charge in [-0.3, -0.25) is 9.88 Å². The SMILES string of the molecule is CN(Cc1cccnc1)CC(C)(O)c1ccccc1. The zero-order valence-electron chi connectivity index (χ0n) is 11.5. The lowest BCUT2D eigenvalue weighted by molar-refractivity contribution is 0.0214. The summed E-state index contributed by atoms with van der Waals surface area (Å²) in [6, 6.07) is 13.7. The largest absolute Gasteiger partial charge is 0.384 e. The maximum atomic E-state index is 10.6. The number of pyridine rings is 1. The highest BCUT2D eigenvalue weighted by atomic mass is 16.3. The van der Waals surface area contributed by atoms with Crippen LogP contribution >= 0.6 is 0 Å². The van der Waals surface area contributed by atoms with Crippen LogP contribution in [0.15, 0.2) is 54.9 Å². The molecule has 100 valence electrons. The summed E-state index contributed by atoms with van der Waals surface area (Å²) in [6.07, 6.45) is 3.62. The summed E-state index contributed by atoms with van der Waals surface area (Å²) < 4.78 is 0. The molecule has 1 atom stereocenters. The van der Waals surface area contributed by atoms with Crippen molar-refractivity contribution in [3.8, 4) is 0 Å². The second-order valence-corrected chi connectivity index (χ2v) is 5.17. The van der Waals surface area contributed by atoms with Gasteiger partial charge in [-0.15, -0.1) is 0 Å². The number of likely N-dealkylation sites (N-methyl/N-ethyl adjacent to an activating group) is 1. The normalized spacial score (nSPS) is 14.3. The zero-order chi connectivity index (χ0) is 13.7. The van der Waals surface area contributed by atoms with Gasteiger partial charge in [0.25, 0.3) is 0 Å². The molecule has 0 bridgehead atoms. The van der Waals surface area contributed by atoms with Crippen molar-refractivity contribution in [3.63, 3.8) is 0 Å². The van der Waals surface area contributed by atoms with Crippen molar-refractivity contribution in [2.45, 2.75) is 19.1 Å². The van der Waals surface area contributed by atoms with E-state index in [-0.39, 0.29) is 0 Å². The van der Waals surface area contributed by atoms with Crippen LogP contribution in [-0.4, -0.2) is 28.6 Å². The minimum absolute atomic E-state index is 0.575. The molecule has 2 rings (SSSR count). The molecule has 0 radical (unpaired) electrons. The molecule has 0 aliphatic rings. The molecule has 0 aliphatic heterocycles. The lowest BCUT2D eigenvalue weighted by atomic mass is 9.95. The number of rotatable bonds is 5. The Bertz CT molecular complexity index is 497. The molecule has 19 heavy (non-hydrogen) atoms. The highest BCUT2D eigenvalue weighted by molar-refractivity contribution is 5.22. The van der Waals surface area contributed by atoms with Crippen molar-refractivity contribution in [3.05, 3.63) is 66.0 Å². The first kappa shape index (κ1) is 13.7. The second-order valence-electron chi connectivity index (χ2n) is 5.17. The van der Waals surface area contributed by atoms with Crippen molar-refractivity contribution >= 4 is 0 Å². The fraction of sp³-hybridized carbons (Fsp3) is 0.312. The Labute approximate surface area is 114 Å². The summed E-state index contributed by atoms with van der Waals surface area (Å²) in [4.78, 5) is 6.20. The monoisotopic (exact) mass is 256 g/mol. The van der Waals surface area contributed by atoms with E-state index in [0.717, 1.165) is 17.7 Å². The van der Waals surface area contributed by atoms with Crippen molar-refractivity contribution in [2.24, 2.45) is 0 Å². The van der Waals surface area contributed by atoms with Crippen LogP contribution in [0, 0.1) is 0 Å². The first-order valence-corrected chi connectivity index (χ1v) is 6.43. The van der Waals surface area contributed by atoms with Gasteiger partial charge < -0.3 is 5.11 Å². The summed E-state index contributed by atoms with van der Waals surface area (Å²) in [5.41, 5.74) is 1.24. The Morgan fingerprint density at radius 1 is 1.16 bits per heavy atom. The molecule has 2 aromatic rings. The van der Waals surface area contributed by atoms with Crippen LogP contribution < -0.4 is 0 Å². The van der Waals surface area contributed by atoms with Gasteiger partial charge in [0.1, 0.15) is 0 Å². The molecule has 3 heteroatoms.